The highest BCUT2D eigenvalue weighted by atomic mass is 19.1. The summed E-state index contributed by atoms with van der Waals surface area (Å²) in [6, 6.07) is 7.43. The number of carbonyl (C=O) groups excluding carboxylic acids is 1. The molecule has 0 aromatic heterocycles. The Kier molecular flexibility index (Phi) is 8.82. The van der Waals surface area contributed by atoms with E-state index >= 15 is 0 Å². The topological polar surface area (TPSA) is 132 Å². The predicted molar refractivity (Wildman–Crippen MR) is 117 cm³/mol. The number of nitrogens with one attached hydrogen (secondary N) is 1. The fourth-order valence-electron chi connectivity index (χ4n) is 2.81. The summed E-state index contributed by atoms with van der Waals surface area (Å²) in [5.74, 6) is -1.95. The van der Waals surface area contributed by atoms with E-state index in [4.69, 9.17) is 19.9 Å². The molecule has 0 saturated carbocycles. The van der Waals surface area contributed by atoms with Gasteiger partial charge in [0.2, 0.25) is 0 Å². The van der Waals surface area contributed by atoms with Gasteiger partial charge in [0.15, 0.2) is 17.6 Å². The van der Waals surface area contributed by atoms with Crippen LogP contribution in [0, 0.1) is 5.82 Å². The number of hydrogen-bond donors (Lipinski definition) is 3. The first-order chi connectivity index (χ1) is 15.3. The maximum absolute atomic E-state index is 15.0. The summed E-state index contributed by atoms with van der Waals surface area (Å²) in [6.07, 6.45) is -0.812. The highest BCUT2D eigenvalue weighted by Crippen LogP contribution is 2.33. The molecular weight excluding hydrogens is 421 g/mol. The van der Waals surface area contributed by atoms with Gasteiger partial charge in [0.05, 0.1) is 19.8 Å². The van der Waals surface area contributed by atoms with Gasteiger partial charge in [0.25, 0.3) is 0 Å². The van der Waals surface area contributed by atoms with E-state index < -0.39 is 23.9 Å². The Morgan fingerprint density at radius 2 is 1.75 bits per heavy atom. The summed E-state index contributed by atoms with van der Waals surface area (Å²) in [4.78, 5) is 27.0. The molecule has 0 aliphatic carbocycles. The van der Waals surface area contributed by atoms with Crippen molar-refractivity contribution in [1.82, 2.24) is 0 Å². The smallest absolute Gasteiger partial charge is 0.435 e. The number of aliphatic carboxylic acids is 1. The zero-order valence-electron chi connectivity index (χ0n) is 18.1. The normalized spacial score (nSPS) is 12.1. The van der Waals surface area contributed by atoms with Crippen molar-refractivity contribution in [2.24, 2.45) is 10.7 Å². The van der Waals surface area contributed by atoms with Crippen LogP contribution >= 0.6 is 0 Å². The van der Waals surface area contributed by atoms with Gasteiger partial charge in [-0.3, -0.25) is 0 Å². The van der Waals surface area contributed by atoms with Crippen LogP contribution in [-0.4, -0.2) is 42.8 Å². The molecule has 10 heteroatoms. The molecule has 2 aromatic carbocycles. The molecule has 0 fully saturated rings. The summed E-state index contributed by atoms with van der Waals surface area (Å²) in [6.45, 7) is 5.78. The Morgan fingerprint density at radius 3 is 2.31 bits per heavy atom. The van der Waals surface area contributed by atoms with E-state index in [1.807, 2.05) is 0 Å². The summed E-state index contributed by atoms with van der Waals surface area (Å²) in [5, 5.41) is 12.5. The molecule has 0 bridgehead atoms. The van der Waals surface area contributed by atoms with Gasteiger partial charge in [-0.05, 0) is 51.1 Å². The average Bonchev–Trinajstić information content (AvgIpc) is 2.75. The third-order valence-electron chi connectivity index (χ3n) is 4.18. The van der Waals surface area contributed by atoms with Gasteiger partial charge in [0.1, 0.15) is 11.6 Å². The first-order valence-corrected chi connectivity index (χ1v) is 10.00. The summed E-state index contributed by atoms with van der Waals surface area (Å²) in [7, 11) is 0. The number of rotatable bonds is 10. The number of nitrogens with zero attached hydrogens (tertiary/aromatic N) is 1. The molecule has 32 heavy (non-hydrogen) atoms. The van der Waals surface area contributed by atoms with Gasteiger partial charge in [0, 0.05) is 22.9 Å². The number of carboxylic acids is 1. The number of hydrogen-bond acceptors (Lipinski definition) is 6. The molecule has 0 heterocycles. The molecule has 0 radical (unpaired) electrons. The molecule has 0 saturated heterocycles. The fourth-order valence-corrected chi connectivity index (χ4v) is 2.81. The third-order valence-corrected chi connectivity index (χ3v) is 4.18. The zero-order chi connectivity index (χ0) is 23.7. The monoisotopic (exact) mass is 447 g/mol. The molecular formula is C22H26FN3O6. The second-order valence-electron chi connectivity index (χ2n) is 6.38. The minimum absolute atomic E-state index is 0.0541. The van der Waals surface area contributed by atoms with Crippen molar-refractivity contribution < 1.29 is 33.3 Å². The van der Waals surface area contributed by atoms with E-state index in [0.29, 0.717) is 23.6 Å². The number of nitrogens with two attached hydrogens (primary N) is 1. The largest absolute Gasteiger partial charge is 0.494 e. The van der Waals surface area contributed by atoms with E-state index in [1.54, 1.807) is 20.8 Å². The molecule has 0 spiro atoms. The molecule has 9 nitrogen and oxygen atoms in total. The fraction of sp³-hybridized carbons (Fsp3) is 0.318. The van der Waals surface area contributed by atoms with Crippen LogP contribution in [0.3, 0.4) is 0 Å². The zero-order valence-corrected chi connectivity index (χ0v) is 18.1. The highest BCUT2D eigenvalue weighted by molar-refractivity contribution is 6.02. The Hall–Kier alpha value is -3.82. The molecule has 2 aromatic rings. The number of anilines is 1. The summed E-state index contributed by atoms with van der Waals surface area (Å²) >= 11 is 0. The van der Waals surface area contributed by atoms with E-state index in [0.717, 1.165) is 0 Å². The van der Waals surface area contributed by atoms with Crippen molar-refractivity contribution >= 4 is 23.6 Å². The van der Waals surface area contributed by atoms with Gasteiger partial charge < -0.3 is 30.4 Å². The van der Waals surface area contributed by atoms with Gasteiger partial charge in [-0.2, -0.15) is 4.99 Å². The molecule has 172 valence electrons. The van der Waals surface area contributed by atoms with Crippen molar-refractivity contribution in [3.05, 3.63) is 53.3 Å². The maximum atomic E-state index is 15.0. The number of aliphatic imine (C=N–C) groups is 1. The summed E-state index contributed by atoms with van der Waals surface area (Å²) in [5.41, 5.74) is 6.45. The molecule has 2 rings (SSSR count). The number of halogens is 1. The minimum atomic E-state index is -1.42. The Morgan fingerprint density at radius 1 is 1.09 bits per heavy atom. The predicted octanol–water partition coefficient (Wildman–Crippen LogP) is 3.72. The lowest BCUT2D eigenvalue weighted by molar-refractivity contribution is -0.138. The molecule has 1 unspecified atom stereocenters. The first kappa shape index (κ1) is 24.4. The van der Waals surface area contributed by atoms with Gasteiger partial charge in [-0.1, -0.05) is 0 Å². The van der Waals surface area contributed by atoms with Gasteiger partial charge in [-0.15, -0.1) is 0 Å². The maximum Gasteiger partial charge on any atom is 0.435 e. The number of amides is 1. The van der Waals surface area contributed by atoms with E-state index in [1.165, 1.54) is 36.4 Å². The SMILES string of the molecule is CCOC(=O)/N=C(/N)c1ccc(NC(C(=O)O)c2cc(OCC)cc(OCC)c2F)cc1. The van der Waals surface area contributed by atoms with Crippen molar-refractivity contribution in [3.63, 3.8) is 0 Å². The first-order valence-electron chi connectivity index (χ1n) is 10.00. The number of benzene rings is 2. The lowest BCUT2D eigenvalue weighted by atomic mass is 10.0. The second-order valence-corrected chi connectivity index (χ2v) is 6.38. The molecule has 4 N–H and O–H groups in total. The van der Waals surface area contributed by atoms with Crippen molar-refractivity contribution in [3.8, 4) is 11.5 Å². The van der Waals surface area contributed by atoms with Crippen LogP contribution in [0.15, 0.2) is 41.4 Å². The Bertz CT molecular complexity index is 978. The van der Waals surface area contributed by atoms with Crippen LogP contribution < -0.4 is 20.5 Å². The molecule has 1 amide bonds. The second kappa shape index (κ2) is 11.5. The van der Waals surface area contributed by atoms with E-state index in [2.05, 4.69) is 10.3 Å². The Balaban J connectivity index is 2.33. The summed E-state index contributed by atoms with van der Waals surface area (Å²) < 4.78 is 30.4. The van der Waals surface area contributed by atoms with Crippen LogP contribution in [0.5, 0.6) is 11.5 Å². The van der Waals surface area contributed by atoms with Crippen LogP contribution in [0.2, 0.25) is 0 Å². The van der Waals surface area contributed by atoms with E-state index in [9.17, 15) is 19.1 Å². The van der Waals surface area contributed by atoms with Crippen LogP contribution in [0.4, 0.5) is 14.9 Å². The lowest BCUT2D eigenvalue weighted by Gasteiger charge is -2.20. The van der Waals surface area contributed by atoms with Gasteiger partial charge in [-0.25, -0.2) is 14.0 Å². The van der Waals surface area contributed by atoms with Crippen molar-refractivity contribution in [2.75, 3.05) is 25.1 Å². The number of carbonyl (C=O) groups is 2. The van der Waals surface area contributed by atoms with Crippen molar-refractivity contribution in [1.29, 1.82) is 0 Å². The minimum Gasteiger partial charge on any atom is -0.494 e. The van der Waals surface area contributed by atoms with Crippen LogP contribution in [-0.2, 0) is 9.53 Å². The highest BCUT2D eigenvalue weighted by Gasteiger charge is 2.26. The van der Waals surface area contributed by atoms with Gasteiger partial charge >= 0.3 is 12.1 Å². The van der Waals surface area contributed by atoms with Crippen molar-refractivity contribution in [2.45, 2.75) is 26.8 Å². The third kappa shape index (κ3) is 6.34. The van der Waals surface area contributed by atoms with E-state index in [-0.39, 0.29) is 30.4 Å². The standard InChI is InChI=1S/C22H26FN3O6/c1-4-30-15-11-16(18(23)17(12-15)31-5-2)19(21(27)28)25-14-9-7-13(8-10-14)20(24)26-22(29)32-6-3/h7-12,19,25H,4-6H2,1-3H3,(H,27,28)(H2,24,26,29). The molecule has 1 atom stereocenters. The average molecular weight is 447 g/mol. The van der Waals surface area contributed by atoms with Crippen LogP contribution in [0.1, 0.15) is 37.9 Å². The lowest BCUT2D eigenvalue weighted by Crippen LogP contribution is -2.22. The molecule has 0 aliphatic rings. The number of carboxylic acid groups (broad SMARTS) is 1. The van der Waals surface area contributed by atoms with Crippen LogP contribution in [0.25, 0.3) is 0 Å². The number of ether oxygens (including phenoxy) is 3. The quantitative estimate of drug-likeness (QED) is 0.371. The molecule has 0 aliphatic heterocycles. The Labute approximate surface area is 185 Å². The number of amidine groups is 1.